The molecule has 3 nitrogen and oxygen atoms in total. The second kappa shape index (κ2) is 5.89. The number of carbonyl (C=O) groups is 1. The summed E-state index contributed by atoms with van der Waals surface area (Å²) in [6, 6.07) is 13.5. The summed E-state index contributed by atoms with van der Waals surface area (Å²) in [5.41, 5.74) is 0.860. The lowest BCUT2D eigenvalue weighted by molar-refractivity contribution is -0.116. The Bertz CT molecular complexity index is 448. The lowest BCUT2D eigenvalue weighted by atomic mass is 10.2. The first kappa shape index (κ1) is 11.5. The summed E-state index contributed by atoms with van der Waals surface area (Å²) in [4.78, 5) is 11.6. The van der Waals surface area contributed by atoms with Crippen molar-refractivity contribution in [3.05, 3.63) is 54.9 Å². The fourth-order valence-corrected chi connectivity index (χ4v) is 1.69. The highest BCUT2D eigenvalue weighted by Gasteiger charge is 2.01. The average molecular weight is 228 g/mol. The number of rotatable bonds is 5. The van der Waals surface area contributed by atoms with Gasteiger partial charge in [-0.05, 0) is 30.7 Å². The molecule has 2 aromatic rings. The van der Waals surface area contributed by atoms with Gasteiger partial charge in [-0.1, -0.05) is 18.2 Å². The molecule has 2 rings (SSSR count). The van der Waals surface area contributed by atoms with Crippen LogP contribution in [0.4, 0.5) is 5.69 Å². The molecule has 1 amide bonds. The van der Waals surface area contributed by atoms with E-state index < -0.39 is 0 Å². The smallest absolute Gasteiger partial charge is 0.224 e. The van der Waals surface area contributed by atoms with Crippen molar-refractivity contribution in [2.75, 3.05) is 5.32 Å². The number of aryl methyl sites for hydroxylation is 1. The molecule has 17 heavy (non-hydrogen) atoms. The monoisotopic (exact) mass is 228 g/mol. The Hall–Kier alpha value is -2.03. The predicted octanol–water partition coefficient (Wildman–Crippen LogP) is 2.91. The summed E-state index contributed by atoms with van der Waals surface area (Å²) in [6.07, 6.45) is 5.42. The predicted molar refractivity (Wildman–Crippen MR) is 68.7 cm³/mol. The molecule has 1 N–H and O–H groups in total. The van der Waals surface area contributed by atoms with Crippen LogP contribution in [0.25, 0.3) is 0 Å². The van der Waals surface area contributed by atoms with Crippen LogP contribution < -0.4 is 5.32 Å². The van der Waals surface area contributed by atoms with Crippen LogP contribution in [-0.4, -0.2) is 10.5 Å². The SMILES string of the molecule is O=C(CCCn1cccc1)Nc1ccccc1. The molecule has 1 aromatic carbocycles. The average Bonchev–Trinajstić information content (AvgIpc) is 2.83. The van der Waals surface area contributed by atoms with E-state index in [2.05, 4.69) is 9.88 Å². The fraction of sp³-hybridized carbons (Fsp3) is 0.214. The largest absolute Gasteiger partial charge is 0.354 e. The molecule has 0 radical (unpaired) electrons. The molecule has 0 aliphatic carbocycles. The van der Waals surface area contributed by atoms with Gasteiger partial charge >= 0.3 is 0 Å². The number of para-hydroxylation sites is 1. The van der Waals surface area contributed by atoms with E-state index in [1.54, 1.807) is 0 Å². The van der Waals surface area contributed by atoms with Gasteiger partial charge in [0.2, 0.25) is 5.91 Å². The third-order valence-corrected chi connectivity index (χ3v) is 2.54. The van der Waals surface area contributed by atoms with E-state index >= 15 is 0 Å². The normalized spacial score (nSPS) is 10.1. The Kier molecular flexibility index (Phi) is 3.97. The molecule has 0 spiro atoms. The maximum atomic E-state index is 11.6. The third kappa shape index (κ3) is 3.79. The van der Waals surface area contributed by atoms with Crippen molar-refractivity contribution < 1.29 is 4.79 Å². The van der Waals surface area contributed by atoms with Crippen LogP contribution in [0.15, 0.2) is 54.9 Å². The Morgan fingerprint density at radius 1 is 1.06 bits per heavy atom. The number of amides is 1. The molecule has 3 heteroatoms. The summed E-state index contributed by atoms with van der Waals surface area (Å²) < 4.78 is 2.08. The minimum Gasteiger partial charge on any atom is -0.354 e. The van der Waals surface area contributed by atoms with Gasteiger partial charge in [-0.2, -0.15) is 0 Å². The quantitative estimate of drug-likeness (QED) is 0.838. The first-order chi connectivity index (χ1) is 8.34. The van der Waals surface area contributed by atoms with Gasteiger partial charge in [0, 0.05) is 31.0 Å². The zero-order valence-corrected chi connectivity index (χ0v) is 9.67. The molecule has 1 aromatic heterocycles. The van der Waals surface area contributed by atoms with E-state index in [4.69, 9.17) is 0 Å². The first-order valence-corrected chi connectivity index (χ1v) is 5.80. The minimum absolute atomic E-state index is 0.0726. The first-order valence-electron chi connectivity index (χ1n) is 5.80. The van der Waals surface area contributed by atoms with Crippen LogP contribution in [0, 0.1) is 0 Å². The van der Waals surface area contributed by atoms with E-state index in [1.165, 1.54) is 0 Å². The molecule has 0 saturated heterocycles. The molecule has 0 saturated carbocycles. The standard InChI is InChI=1S/C14H16N2O/c17-14(15-13-7-2-1-3-8-13)9-6-12-16-10-4-5-11-16/h1-5,7-8,10-11H,6,9,12H2,(H,15,17). The zero-order chi connectivity index (χ0) is 11.9. The van der Waals surface area contributed by atoms with E-state index in [9.17, 15) is 4.79 Å². The van der Waals surface area contributed by atoms with E-state index in [-0.39, 0.29) is 5.91 Å². The van der Waals surface area contributed by atoms with Crippen molar-refractivity contribution in [3.8, 4) is 0 Å². The van der Waals surface area contributed by atoms with Gasteiger partial charge in [0.15, 0.2) is 0 Å². The lowest BCUT2D eigenvalue weighted by Gasteiger charge is -2.05. The van der Waals surface area contributed by atoms with Gasteiger partial charge in [0.1, 0.15) is 0 Å². The number of aromatic nitrogens is 1. The molecule has 88 valence electrons. The van der Waals surface area contributed by atoms with Gasteiger partial charge in [0.25, 0.3) is 0 Å². The maximum Gasteiger partial charge on any atom is 0.224 e. The molecule has 0 fully saturated rings. The number of hydrogen-bond donors (Lipinski definition) is 1. The van der Waals surface area contributed by atoms with Gasteiger partial charge in [0.05, 0.1) is 0 Å². The van der Waals surface area contributed by atoms with E-state index in [0.717, 1.165) is 18.7 Å². The Labute approximate surface area is 101 Å². The summed E-state index contributed by atoms with van der Waals surface area (Å²) >= 11 is 0. The van der Waals surface area contributed by atoms with Gasteiger partial charge in [-0.15, -0.1) is 0 Å². The summed E-state index contributed by atoms with van der Waals surface area (Å²) in [6.45, 7) is 0.884. The molecule has 0 bridgehead atoms. The zero-order valence-electron chi connectivity index (χ0n) is 9.67. The van der Waals surface area contributed by atoms with Crippen LogP contribution in [0.1, 0.15) is 12.8 Å². The van der Waals surface area contributed by atoms with Gasteiger partial charge < -0.3 is 9.88 Å². The van der Waals surface area contributed by atoms with E-state index in [0.29, 0.717) is 6.42 Å². The summed E-state index contributed by atoms with van der Waals surface area (Å²) in [5, 5.41) is 2.87. The van der Waals surface area contributed by atoms with Gasteiger partial charge in [-0.3, -0.25) is 4.79 Å². The van der Waals surface area contributed by atoms with Crippen LogP contribution in [0.2, 0.25) is 0 Å². The molecule has 1 heterocycles. The topological polar surface area (TPSA) is 34.0 Å². The molecule has 0 atom stereocenters. The van der Waals surface area contributed by atoms with E-state index in [1.807, 2.05) is 54.9 Å². The molecular weight excluding hydrogens is 212 g/mol. The summed E-state index contributed by atoms with van der Waals surface area (Å²) in [5.74, 6) is 0.0726. The Morgan fingerprint density at radius 2 is 1.76 bits per heavy atom. The van der Waals surface area contributed by atoms with Gasteiger partial charge in [-0.25, -0.2) is 0 Å². The second-order valence-corrected chi connectivity index (χ2v) is 3.94. The number of nitrogens with one attached hydrogen (secondary N) is 1. The number of anilines is 1. The van der Waals surface area contributed by atoms with Crippen molar-refractivity contribution in [1.82, 2.24) is 4.57 Å². The van der Waals surface area contributed by atoms with Crippen molar-refractivity contribution in [3.63, 3.8) is 0 Å². The third-order valence-electron chi connectivity index (χ3n) is 2.54. The number of hydrogen-bond acceptors (Lipinski definition) is 1. The van der Waals surface area contributed by atoms with Crippen molar-refractivity contribution in [2.24, 2.45) is 0 Å². The lowest BCUT2D eigenvalue weighted by Crippen LogP contribution is -2.12. The van der Waals surface area contributed by atoms with Crippen LogP contribution in [0.3, 0.4) is 0 Å². The highest BCUT2D eigenvalue weighted by Crippen LogP contribution is 2.06. The molecule has 0 aliphatic heterocycles. The molecule has 0 unspecified atom stereocenters. The number of benzene rings is 1. The molecule has 0 aliphatic rings. The van der Waals surface area contributed by atoms with Crippen molar-refractivity contribution in [1.29, 1.82) is 0 Å². The number of nitrogens with zero attached hydrogens (tertiary/aromatic N) is 1. The molecular formula is C14H16N2O. The summed E-state index contributed by atoms with van der Waals surface area (Å²) in [7, 11) is 0. The highest BCUT2D eigenvalue weighted by atomic mass is 16.1. The van der Waals surface area contributed by atoms with Crippen LogP contribution in [-0.2, 0) is 11.3 Å². The second-order valence-electron chi connectivity index (χ2n) is 3.94. The maximum absolute atomic E-state index is 11.6. The van der Waals surface area contributed by atoms with Crippen molar-refractivity contribution in [2.45, 2.75) is 19.4 Å². The highest BCUT2D eigenvalue weighted by molar-refractivity contribution is 5.90. The van der Waals surface area contributed by atoms with Crippen molar-refractivity contribution >= 4 is 11.6 Å². The van der Waals surface area contributed by atoms with Crippen LogP contribution in [0.5, 0.6) is 0 Å². The minimum atomic E-state index is 0.0726. The fourth-order valence-electron chi connectivity index (χ4n) is 1.69. The van der Waals surface area contributed by atoms with Crippen LogP contribution >= 0.6 is 0 Å². The Balaban J connectivity index is 1.71. The number of carbonyl (C=O) groups excluding carboxylic acids is 1. The Morgan fingerprint density at radius 3 is 2.47 bits per heavy atom.